The van der Waals surface area contributed by atoms with E-state index >= 15 is 0 Å². The van der Waals surface area contributed by atoms with Crippen LogP contribution in [0, 0.1) is 37.8 Å². The van der Waals surface area contributed by atoms with E-state index in [0.717, 1.165) is 44.6 Å². The first-order chi connectivity index (χ1) is 23.3. The van der Waals surface area contributed by atoms with E-state index < -0.39 is 0 Å². The van der Waals surface area contributed by atoms with Gasteiger partial charge in [-0.25, -0.2) is 4.98 Å². The summed E-state index contributed by atoms with van der Waals surface area (Å²) in [4.78, 5) is 4.74. The molecule has 3 atom stereocenters. The maximum atomic E-state index is 6.68. The number of hydrogen-bond acceptors (Lipinski definition) is 3. The van der Waals surface area contributed by atoms with E-state index in [0.29, 0.717) is 29.3 Å². The normalized spacial score (nSPS) is 18.1. The van der Waals surface area contributed by atoms with Gasteiger partial charge < -0.3 is 9.30 Å². The molecule has 0 amide bonds. The van der Waals surface area contributed by atoms with E-state index in [9.17, 15) is 0 Å². The monoisotopic (exact) mass is 843 g/mol. The number of para-hydroxylation sites is 1. The summed E-state index contributed by atoms with van der Waals surface area (Å²) in [7, 11) is 0. The average Bonchev–Trinajstić information content (AvgIpc) is 3.55. The first kappa shape index (κ1) is 35.9. The molecule has 0 aliphatic heterocycles. The Hall–Kier alpha value is -3.95. The van der Waals surface area contributed by atoms with Gasteiger partial charge in [0.1, 0.15) is 5.82 Å². The van der Waals surface area contributed by atoms with Crippen LogP contribution >= 0.6 is 0 Å². The zero-order chi connectivity index (χ0) is 34.8. The first-order valence-electron chi connectivity index (χ1n) is 17.7. The number of hydrogen-bond donors (Lipinski definition) is 0. The van der Waals surface area contributed by atoms with Crippen LogP contribution in [0.5, 0.6) is 11.5 Å². The number of aryl methyl sites for hydroxylation is 2. The minimum Gasteiger partial charge on any atom is -0.509 e. The number of aromatic nitrogens is 4. The molecule has 260 valence electrons. The van der Waals surface area contributed by atoms with Gasteiger partial charge in [0.25, 0.3) is 0 Å². The molecule has 0 radical (unpaired) electrons. The van der Waals surface area contributed by atoms with Crippen LogP contribution in [-0.2, 0) is 26.5 Å². The van der Waals surface area contributed by atoms with Gasteiger partial charge in [-0.15, -0.1) is 41.3 Å². The van der Waals surface area contributed by atoms with Crippen molar-refractivity contribution in [2.24, 2.45) is 11.8 Å². The van der Waals surface area contributed by atoms with Gasteiger partial charge in [-0.05, 0) is 79.8 Å². The fraction of sp³-hybridized carbons (Fsp3) is 0.364. The van der Waals surface area contributed by atoms with Crippen molar-refractivity contribution in [3.63, 3.8) is 0 Å². The predicted octanol–water partition coefficient (Wildman–Crippen LogP) is 11.5. The SMILES string of the molecule is CC1=C[C@H](C)C[C@H](C)C1c1c(C)nn(-c2[c-]c(Oc3[c-]c4c(cc3)c3ccccc3n4-c3cc(C)ccn3)cc(C(C)C)c2)c1C(C)(C)C.[Pt+2]. The number of nitrogens with zero attached hydrogens (tertiary/aromatic N) is 4. The molecular weight excluding hydrogens is 796 g/mol. The topological polar surface area (TPSA) is 44.9 Å². The second-order valence-corrected chi connectivity index (χ2v) is 15.6. The smallest absolute Gasteiger partial charge is 0.509 e. The molecule has 50 heavy (non-hydrogen) atoms. The molecular formula is C44H48N4OPt. The summed E-state index contributed by atoms with van der Waals surface area (Å²) in [6, 6.07) is 28.3. The molecule has 6 heteroatoms. The molecule has 1 unspecified atom stereocenters. The molecule has 0 bridgehead atoms. The van der Waals surface area contributed by atoms with Crippen LogP contribution in [0.25, 0.3) is 33.3 Å². The summed E-state index contributed by atoms with van der Waals surface area (Å²) >= 11 is 0. The summed E-state index contributed by atoms with van der Waals surface area (Å²) in [5.74, 6) is 3.92. The van der Waals surface area contributed by atoms with Crippen molar-refractivity contribution < 1.29 is 25.8 Å². The Morgan fingerprint density at radius 2 is 1.66 bits per heavy atom. The fourth-order valence-corrected chi connectivity index (χ4v) is 8.10. The van der Waals surface area contributed by atoms with Crippen molar-refractivity contribution in [2.45, 2.75) is 92.9 Å². The summed E-state index contributed by atoms with van der Waals surface area (Å²) in [6.45, 7) is 22.7. The molecule has 0 saturated heterocycles. The minimum absolute atomic E-state index is 0. The summed E-state index contributed by atoms with van der Waals surface area (Å²) in [6.07, 6.45) is 5.51. The molecule has 0 N–H and O–H groups in total. The van der Waals surface area contributed by atoms with Crippen molar-refractivity contribution >= 4 is 21.8 Å². The summed E-state index contributed by atoms with van der Waals surface area (Å²) in [5.41, 5.74) is 10.3. The molecule has 3 aromatic heterocycles. The van der Waals surface area contributed by atoms with Crippen LogP contribution in [0.4, 0.5) is 0 Å². The number of pyridine rings is 1. The predicted molar refractivity (Wildman–Crippen MR) is 202 cm³/mol. The van der Waals surface area contributed by atoms with Gasteiger partial charge in [0, 0.05) is 40.1 Å². The molecule has 7 rings (SSSR count). The molecule has 0 spiro atoms. The van der Waals surface area contributed by atoms with Gasteiger partial charge in [-0.2, -0.15) is 11.2 Å². The third kappa shape index (κ3) is 6.50. The Balaban J connectivity index is 0.00000432. The number of ether oxygens (including phenoxy) is 1. The van der Waals surface area contributed by atoms with E-state index in [1.54, 1.807) is 0 Å². The van der Waals surface area contributed by atoms with E-state index in [1.807, 2.05) is 18.3 Å². The zero-order valence-corrected chi connectivity index (χ0v) is 33.2. The Morgan fingerprint density at radius 3 is 2.36 bits per heavy atom. The largest absolute Gasteiger partial charge is 2.00 e. The van der Waals surface area contributed by atoms with Gasteiger partial charge in [0.15, 0.2) is 0 Å². The third-order valence-corrected chi connectivity index (χ3v) is 10.1. The Morgan fingerprint density at radius 1 is 0.900 bits per heavy atom. The van der Waals surface area contributed by atoms with Crippen molar-refractivity contribution in [3.05, 3.63) is 119 Å². The van der Waals surface area contributed by atoms with E-state index in [4.69, 9.17) is 14.8 Å². The number of allylic oxidation sites excluding steroid dienone is 2. The average molecular weight is 844 g/mol. The molecule has 1 aliphatic carbocycles. The maximum absolute atomic E-state index is 6.68. The van der Waals surface area contributed by atoms with Gasteiger partial charge in [0.2, 0.25) is 0 Å². The quantitative estimate of drug-likeness (QED) is 0.124. The van der Waals surface area contributed by atoms with Crippen molar-refractivity contribution in [1.82, 2.24) is 19.3 Å². The van der Waals surface area contributed by atoms with E-state index in [-0.39, 0.29) is 32.4 Å². The fourth-order valence-electron chi connectivity index (χ4n) is 8.10. The third-order valence-electron chi connectivity index (χ3n) is 10.1. The molecule has 6 aromatic rings. The zero-order valence-electron chi connectivity index (χ0n) is 31.0. The first-order valence-corrected chi connectivity index (χ1v) is 17.7. The second-order valence-electron chi connectivity index (χ2n) is 15.6. The Labute approximate surface area is 312 Å². The van der Waals surface area contributed by atoms with Crippen LogP contribution in [0.1, 0.15) is 102 Å². The number of rotatable bonds is 6. The van der Waals surface area contributed by atoms with Crippen LogP contribution in [0.2, 0.25) is 0 Å². The molecule has 0 fully saturated rings. The Bertz CT molecular complexity index is 2230. The van der Waals surface area contributed by atoms with Crippen LogP contribution < -0.4 is 4.74 Å². The van der Waals surface area contributed by atoms with Gasteiger partial charge in [-0.1, -0.05) is 83.8 Å². The Kier molecular flexibility index (Phi) is 9.78. The molecule has 3 aromatic carbocycles. The van der Waals surface area contributed by atoms with Gasteiger partial charge >= 0.3 is 21.1 Å². The van der Waals surface area contributed by atoms with Crippen LogP contribution in [0.3, 0.4) is 0 Å². The van der Waals surface area contributed by atoms with Crippen molar-refractivity contribution in [3.8, 4) is 23.0 Å². The van der Waals surface area contributed by atoms with E-state index in [1.165, 1.54) is 28.8 Å². The van der Waals surface area contributed by atoms with Crippen molar-refractivity contribution in [2.75, 3.05) is 0 Å². The molecule has 5 nitrogen and oxygen atoms in total. The number of benzene rings is 3. The molecule has 0 saturated carbocycles. The van der Waals surface area contributed by atoms with Crippen LogP contribution in [-0.4, -0.2) is 19.3 Å². The second kappa shape index (κ2) is 13.6. The molecule has 3 heterocycles. The van der Waals surface area contributed by atoms with E-state index in [2.05, 4.69) is 145 Å². The number of fused-ring (bicyclic) bond motifs is 3. The van der Waals surface area contributed by atoms with Gasteiger partial charge in [-0.3, -0.25) is 4.68 Å². The summed E-state index contributed by atoms with van der Waals surface area (Å²) < 4.78 is 11.0. The van der Waals surface area contributed by atoms with Crippen molar-refractivity contribution in [1.29, 1.82) is 0 Å². The minimum atomic E-state index is -0.140. The standard InChI is InChI=1S/C44H48N4O.Pt/c1-26(2)32-22-33(48-43(44(8,9)10)42(31(7)46-48)41-29(5)19-28(4)20-30(41)6)24-35(23-32)49-34-15-16-37-36-13-11-12-14-38(36)47(39(37)25-34)40-21-27(3)17-18-45-40;/h11-19,21-23,26,28,30,41H,20H2,1-10H3;/q-2;+2/t28-,30-,41?;/m0./s1. The molecule has 1 aliphatic rings. The maximum Gasteiger partial charge on any atom is 2.00 e. The summed E-state index contributed by atoms with van der Waals surface area (Å²) in [5, 5.41) is 7.53. The van der Waals surface area contributed by atoms with Gasteiger partial charge in [0.05, 0.1) is 11.4 Å². The van der Waals surface area contributed by atoms with Crippen LogP contribution in [0.15, 0.2) is 78.5 Å².